The molecule has 5 nitrogen and oxygen atoms in total. The van der Waals surface area contributed by atoms with E-state index in [0.29, 0.717) is 30.9 Å². The van der Waals surface area contributed by atoms with Gasteiger partial charge in [-0.3, -0.25) is 9.59 Å². The first-order chi connectivity index (χ1) is 12.5. The van der Waals surface area contributed by atoms with Crippen LogP contribution in [0.4, 0.5) is 0 Å². The van der Waals surface area contributed by atoms with Crippen LogP contribution in [0.5, 0.6) is 5.75 Å². The zero-order chi connectivity index (χ0) is 18.9. The molecule has 2 rings (SSSR count). The molecule has 0 heterocycles. The largest absolute Gasteiger partial charge is 0.481 e. The topological polar surface area (TPSA) is 72.6 Å². The van der Waals surface area contributed by atoms with E-state index in [0.717, 1.165) is 12.0 Å². The number of benzene rings is 2. The molecule has 1 amide bonds. The van der Waals surface area contributed by atoms with E-state index in [-0.39, 0.29) is 11.7 Å². The Kier molecular flexibility index (Phi) is 7.36. The van der Waals surface area contributed by atoms with Crippen molar-refractivity contribution in [1.82, 2.24) is 4.90 Å². The lowest BCUT2D eigenvalue weighted by molar-refractivity contribution is -0.138. The average Bonchev–Trinajstić information content (AvgIpc) is 2.65. The van der Waals surface area contributed by atoms with Gasteiger partial charge in [0, 0.05) is 18.7 Å². The summed E-state index contributed by atoms with van der Waals surface area (Å²) in [7, 11) is 0. The van der Waals surface area contributed by atoms with Crippen LogP contribution in [0.25, 0.3) is 0 Å². The smallest absolute Gasteiger partial charge is 0.263 e. The number of ether oxygens (including phenoxy) is 1. The van der Waals surface area contributed by atoms with E-state index in [1.165, 1.54) is 6.92 Å². The molecule has 26 heavy (non-hydrogen) atoms. The van der Waals surface area contributed by atoms with Crippen molar-refractivity contribution in [3.8, 4) is 5.75 Å². The number of carbonyl (C=O) groups excluding carboxylic acids is 2. The molecule has 0 spiro atoms. The highest BCUT2D eigenvalue weighted by atomic mass is 16.5. The van der Waals surface area contributed by atoms with E-state index in [1.807, 2.05) is 30.3 Å². The van der Waals surface area contributed by atoms with Gasteiger partial charge in [0.25, 0.3) is 5.91 Å². The van der Waals surface area contributed by atoms with Crippen molar-refractivity contribution in [3.63, 3.8) is 0 Å². The van der Waals surface area contributed by atoms with Crippen LogP contribution in [0.15, 0.2) is 54.6 Å². The summed E-state index contributed by atoms with van der Waals surface area (Å²) in [6.07, 6.45) is 0.0733. The highest BCUT2D eigenvalue weighted by Gasteiger charge is 2.22. The summed E-state index contributed by atoms with van der Waals surface area (Å²) >= 11 is 0. The van der Waals surface area contributed by atoms with Crippen LogP contribution in [-0.4, -0.2) is 35.8 Å². The maximum Gasteiger partial charge on any atom is 0.263 e. The highest BCUT2D eigenvalue weighted by molar-refractivity contribution is 5.94. The van der Waals surface area contributed by atoms with Gasteiger partial charge in [-0.15, -0.1) is 0 Å². The van der Waals surface area contributed by atoms with E-state index in [1.54, 1.807) is 36.1 Å². The normalized spacial score (nSPS) is 11.7. The Bertz CT molecular complexity index is 731. The highest BCUT2D eigenvalue weighted by Crippen LogP contribution is 2.17. The third-order valence-corrected chi connectivity index (χ3v) is 4.06. The zero-order valence-electron chi connectivity index (χ0n) is 15.4. The average molecular weight is 354 g/mol. The number of amides is 1. The van der Waals surface area contributed by atoms with E-state index in [2.05, 4.69) is 0 Å². The minimum Gasteiger partial charge on any atom is -0.481 e. The number of ketones is 1. The summed E-state index contributed by atoms with van der Waals surface area (Å²) in [5.74, 6) is 0.371. The van der Waals surface area contributed by atoms with Gasteiger partial charge in [0.1, 0.15) is 5.75 Å². The lowest BCUT2D eigenvalue weighted by Gasteiger charge is -2.26. The van der Waals surface area contributed by atoms with Crippen molar-refractivity contribution in [2.75, 3.05) is 13.1 Å². The summed E-state index contributed by atoms with van der Waals surface area (Å²) in [6.45, 7) is 4.84. The van der Waals surface area contributed by atoms with Gasteiger partial charge < -0.3 is 15.4 Å². The molecule has 2 aromatic rings. The van der Waals surface area contributed by atoms with Crippen molar-refractivity contribution in [2.45, 2.75) is 32.9 Å². The Morgan fingerprint density at radius 3 is 2.50 bits per heavy atom. The van der Waals surface area contributed by atoms with Gasteiger partial charge in [-0.05, 0) is 44.5 Å². The Morgan fingerprint density at radius 2 is 1.85 bits per heavy atom. The second-order valence-corrected chi connectivity index (χ2v) is 6.23. The number of hydrogen-bond acceptors (Lipinski definition) is 4. The number of rotatable bonds is 9. The van der Waals surface area contributed by atoms with Gasteiger partial charge in [-0.25, -0.2) is 0 Å². The molecule has 0 aliphatic carbocycles. The minimum absolute atomic E-state index is 0.0388. The molecule has 1 atom stereocenters. The molecule has 0 bridgehead atoms. The molecular formula is C21H26N2O3. The van der Waals surface area contributed by atoms with Crippen LogP contribution in [0, 0.1) is 0 Å². The van der Waals surface area contributed by atoms with Gasteiger partial charge in [-0.1, -0.05) is 42.5 Å². The fourth-order valence-corrected chi connectivity index (χ4v) is 2.65. The first kappa shape index (κ1) is 19.7. The first-order valence-corrected chi connectivity index (χ1v) is 8.81. The second kappa shape index (κ2) is 9.73. The van der Waals surface area contributed by atoms with Crippen molar-refractivity contribution in [3.05, 3.63) is 65.7 Å². The van der Waals surface area contributed by atoms with E-state index < -0.39 is 6.10 Å². The Balaban J connectivity index is 2.08. The predicted molar refractivity (Wildman–Crippen MR) is 102 cm³/mol. The molecule has 0 aliphatic rings. The molecule has 2 aromatic carbocycles. The molecule has 0 fully saturated rings. The summed E-state index contributed by atoms with van der Waals surface area (Å²) in [6, 6.07) is 16.7. The summed E-state index contributed by atoms with van der Waals surface area (Å²) in [4.78, 5) is 26.1. The Labute approximate surface area is 154 Å². The van der Waals surface area contributed by atoms with Crippen molar-refractivity contribution >= 4 is 11.7 Å². The number of carbonyl (C=O) groups is 2. The van der Waals surface area contributed by atoms with Crippen LogP contribution in [0.1, 0.15) is 36.2 Å². The molecule has 1 unspecified atom stereocenters. The zero-order valence-corrected chi connectivity index (χ0v) is 15.4. The molecule has 0 radical (unpaired) electrons. The molecule has 2 N–H and O–H groups in total. The van der Waals surface area contributed by atoms with E-state index >= 15 is 0 Å². The van der Waals surface area contributed by atoms with Gasteiger partial charge in [0.15, 0.2) is 11.9 Å². The molecule has 0 aromatic heterocycles. The third-order valence-electron chi connectivity index (χ3n) is 4.06. The van der Waals surface area contributed by atoms with Crippen LogP contribution < -0.4 is 10.5 Å². The van der Waals surface area contributed by atoms with E-state index in [4.69, 9.17) is 10.5 Å². The standard InChI is InChI=1S/C21H26N2O3/c1-16(24)19-10-6-11-20(14-19)26-17(2)21(25)23(13-7-12-22)15-18-8-4-3-5-9-18/h3-6,8-11,14,17H,7,12-13,15,22H2,1-2H3. The molecule has 0 aliphatic heterocycles. The lowest BCUT2D eigenvalue weighted by atomic mass is 10.1. The fourth-order valence-electron chi connectivity index (χ4n) is 2.65. The number of nitrogens with zero attached hydrogens (tertiary/aromatic N) is 1. The number of Topliss-reactive ketones (excluding diaryl/α,β-unsaturated/α-hetero) is 1. The van der Waals surface area contributed by atoms with Crippen molar-refractivity contribution in [2.24, 2.45) is 5.73 Å². The molecule has 138 valence electrons. The monoisotopic (exact) mass is 354 g/mol. The summed E-state index contributed by atoms with van der Waals surface area (Å²) in [5.41, 5.74) is 7.23. The van der Waals surface area contributed by atoms with Crippen molar-refractivity contribution < 1.29 is 14.3 Å². The summed E-state index contributed by atoms with van der Waals surface area (Å²) < 4.78 is 5.79. The first-order valence-electron chi connectivity index (χ1n) is 8.81. The maximum absolute atomic E-state index is 12.9. The summed E-state index contributed by atoms with van der Waals surface area (Å²) in [5, 5.41) is 0. The van der Waals surface area contributed by atoms with Gasteiger partial charge >= 0.3 is 0 Å². The van der Waals surface area contributed by atoms with Crippen LogP contribution in [-0.2, 0) is 11.3 Å². The van der Waals surface area contributed by atoms with Crippen LogP contribution in [0.2, 0.25) is 0 Å². The number of nitrogens with two attached hydrogens (primary N) is 1. The van der Waals surface area contributed by atoms with E-state index in [9.17, 15) is 9.59 Å². The van der Waals surface area contributed by atoms with Gasteiger partial charge in [0.05, 0.1) is 0 Å². The second-order valence-electron chi connectivity index (χ2n) is 6.23. The van der Waals surface area contributed by atoms with Crippen LogP contribution in [0.3, 0.4) is 0 Å². The predicted octanol–water partition coefficient (Wildman–Crippen LogP) is 3.03. The van der Waals surface area contributed by atoms with Crippen LogP contribution >= 0.6 is 0 Å². The van der Waals surface area contributed by atoms with Crippen molar-refractivity contribution in [1.29, 1.82) is 0 Å². The third kappa shape index (κ3) is 5.70. The molecule has 5 heteroatoms. The number of hydrogen-bond donors (Lipinski definition) is 1. The lowest BCUT2D eigenvalue weighted by Crippen LogP contribution is -2.41. The molecule has 0 saturated carbocycles. The minimum atomic E-state index is -0.654. The SMILES string of the molecule is CC(=O)c1cccc(OC(C)C(=O)N(CCCN)Cc2ccccc2)c1. The fraction of sp³-hybridized carbons (Fsp3) is 0.333. The Hall–Kier alpha value is -2.66. The molecule has 0 saturated heterocycles. The van der Waals surface area contributed by atoms with Gasteiger partial charge in [0.2, 0.25) is 0 Å². The molecular weight excluding hydrogens is 328 g/mol. The quantitative estimate of drug-likeness (QED) is 0.703. The maximum atomic E-state index is 12.9. The van der Waals surface area contributed by atoms with Gasteiger partial charge in [-0.2, -0.15) is 0 Å². The Morgan fingerprint density at radius 1 is 1.12 bits per heavy atom.